The zero-order valence-corrected chi connectivity index (χ0v) is 13.3. The monoisotopic (exact) mass is 306 g/mol. The number of hydrogen-bond donors (Lipinski definition) is 2. The van der Waals surface area contributed by atoms with Crippen LogP contribution in [0.1, 0.15) is 44.0 Å². The van der Waals surface area contributed by atoms with Gasteiger partial charge in [-0.3, -0.25) is 5.32 Å². The van der Waals surface area contributed by atoms with Gasteiger partial charge in [-0.25, -0.2) is 9.48 Å². The molecule has 0 aliphatic heterocycles. The fraction of sp³-hybridized carbons (Fsp3) is 0.467. The number of nitrogens with zero attached hydrogens (tertiary/aromatic N) is 2. The third-order valence-electron chi connectivity index (χ3n) is 3.28. The van der Waals surface area contributed by atoms with Crippen molar-refractivity contribution in [3.8, 4) is 0 Å². The molecule has 5 nitrogen and oxygen atoms in total. The van der Waals surface area contributed by atoms with E-state index in [0.717, 1.165) is 31.6 Å². The fourth-order valence-corrected chi connectivity index (χ4v) is 2.96. The number of anilines is 1. The van der Waals surface area contributed by atoms with Crippen LogP contribution in [0.4, 0.5) is 10.6 Å². The molecule has 0 spiro atoms. The Labute approximate surface area is 129 Å². The highest BCUT2D eigenvalue weighted by atomic mass is 32.1. The van der Waals surface area contributed by atoms with Gasteiger partial charge < -0.3 is 5.32 Å². The highest BCUT2D eigenvalue weighted by Crippen LogP contribution is 2.21. The highest BCUT2D eigenvalue weighted by molar-refractivity contribution is 7.10. The maximum Gasteiger partial charge on any atom is 0.320 e. The molecule has 0 saturated carbocycles. The predicted octanol–water partition coefficient (Wildman–Crippen LogP) is 4.02. The van der Waals surface area contributed by atoms with Crippen LogP contribution in [-0.2, 0) is 6.54 Å². The van der Waals surface area contributed by atoms with Gasteiger partial charge >= 0.3 is 6.03 Å². The van der Waals surface area contributed by atoms with E-state index in [0.29, 0.717) is 0 Å². The average Bonchev–Trinajstić information content (AvgIpc) is 3.14. The van der Waals surface area contributed by atoms with Gasteiger partial charge in [0.15, 0.2) is 0 Å². The topological polar surface area (TPSA) is 59.0 Å². The van der Waals surface area contributed by atoms with Crippen molar-refractivity contribution in [1.29, 1.82) is 0 Å². The molecule has 2 rings (SSSR count). The van der Waals surface area contributed by atoms with E-state index in [1.54, 1.807) is 17.5 Å². The molecule has 114 valence electrons. The van der Waals surface area contributed by atoms with E-state index in [-0.39, 0.29) is 12.1 Å². The van der Waals surface area contributed by atoms with E-state index in [2.05, 4.69) is 29.6 Å². The maximum absolute atomic E-state index is 12.1. The summed E-state index contributed by atoms with van der Waals surface area (Å²) in [5.74, 6) is 0.738. The molecule has 0 fully saturated rings. The minimum Gasteiger partial charge on any atom is -0.330 e. The summed E-state index contributed by atoms with van der Waals surface area (Å²) < 4.78 is 1.83. The number of carbonyl (C=O) groups is 1. The second-order valence-corrected chi connectivity index (χ2v) is 5.85. The van der Waals surface area contributed by atoms with Crippen LogP contribution < -0.4 is 10.6 Å². The zero-order chi connectivity index (χ0) is 15.1. The van der Waals surface area contributed by atoms with E-state index in [1.165, 1.54) is 4.88 Å². The molecule has 2 heterocycles. The third-order valence-corrected chi connectivity index (χ3v) is 4.27. The van der Waals surface area contributed by atoms with E-state index < -0.39 is 0 Å². The molecule has 0 aromatic carbocycles. The van der Waals surface area contributed by atoms with Crippen molar-refractivity contribution in [2.24, 2.45) is 0 Å². The van der Waals surface area contributed by atoms with Gasteiger partial charge in [0.25, 0.3) is 0 Å². The summed E-state index contributed by atoms with van der Waals surface area (Å²) in [6, 6.07) is 5.74. The van der Waals surface area contributed by atoms with E-state index in [4.69, 9.17) is 0 Å². The molecular weight excluding hydrogens is 284 g/mol. The average molecular weight is 306 g/mol. The Kier molecular flexibility index (Phi) is 5.80. The largest absolute Gasteiger partial charge is 0.330 e. The minimum absolute atomic E-state index is 0.0528. The first-order valence-electron chi connectivity index (χ1n) is 7.37. The lowest BCUT2D eigenvalue weighted by molar-refractivity contribution is 0.248. The molecule has 0 unspecified atom stereocenters. The van der Waals surface area contributed by atoms with Crippen LogP contribution >= 0.6 is 11.3 Å². The smallest absolute Gasteiger partial charge is 0.320 e. The van der Waals surface area contributed by atoms with E-state index in [1.807, 2.05) is 28.3 Å². The standard InChI is InChI=1S/C15H22N4OS/c1-3-5-10-19-14(8-9-16-19)18-15(20)17-12(4-2)13-7-6-11-21-13/h6-9,11-12H,3-5,10H2,1-2H3,(H2,17,18,20)/t12-/m0/s1. The van der Waals surface area contributed by atoms with Gasteiger partial charge in [-0.05, 0) is 24.3 Å². The lowest BCUT2D eigenvalue weighted by atomic mass is 10.2. The Bertz CT molecular complexity index is 550. The molecule has 21 heavy (non-hydrogen) atoms. The van der Waals surface area contributed by atoms with Crippen LogP contribution in [-0.4, -0.2) is 15.8 Å². The van der Waals surface area contributed by atoms with Gasteiger partial charge in [0, 0.05) is 17.5 Å². The number of urea groups is 1. The molecular formula is C15H22N4OS. The number of rotatable bonds is 7. The summed E-state index contributed by atoms with van der Waals surface area (Å²) in [6.07, 6.45) is 4.72. The molecule has 0 aliphatic rings. The van der Waals surface area contributed by atoms with Gasteiger partial charge in [0.2, 0.25) is 0 Å². The molecule has 0 radical (unpaired) electrons. The third kappa shape index (κ3) is 4.32. The number of unbranched alkanes of at least 4 members (excludes halogenated alkanes) is 1. The lowest BCUT2D eigenvalue weighted by Crippen LogP contribution is -2.32. The summed E-state index contributed by atoms with van der Waals surface area (Å²) in [4.78, 5) is 13.3. The van der Waals surface area contributed by atoms with Crippen LogP contribution in [0.2, 0.25) is 0 Å². The SMILES string of the molecule is CCCCn1nccc1NC(=O)N[C@@H](CC)c1cccs1. The van der Waals surface area contributed by atoms with Crippen molar-refractivity contribution >= 4 is 23.2 Å². The Balaban J connectivity index is 1.93. The fourth-order valence-electron chi connectivity index (χ4n) is 2.10. The highest BCUT2D eigenvalue weighted by Gasteiger charge is 2.14. The first kappa shape index (κ1) is 15.6. The van der Waals surface area contributed by atoms with Gasteiger partial charge in [-0.1, -0.05) is 26.3 Å². The predicted molar refractivity (Wildman–Crippen MR) is 86.6 cm³/mol. The number of thiophene rings is 1. The first-order chi connectivity index (χ1) is 10.2. The Hall–Kier alpha value is -1.82. The summed E-state index contributed by atoms with van der Waals surface area (Å²) in [6.45, 7) is 5.02. The van der Waals surface area contributed by atoms with Crippen LogP contribution in [0, 0.1) is 0 Å². The van der Waals surface area contributed by atoms with Crippen molar-refractivity contribution in [2.45, 2.75) is 45.7 Å². The van der Waals surface area contributed by atoms with Crippen molar-refractivity contribution < 1.29 is 4.79 Å². The molecule has 2 amide bonds. The number of nitrogens with one attached hydrogen (secondary N) is 2. The number of aromatic nitrogens is 2. The van der Waals surface area contributed by atoms with E-state index >= 15 is 0 Å². The molecule has 6 heteroatoms. The van der Waals surface area contributed by atoms with Crippen LogP contribution in [0.5, 0.6) is 0 Å². The second kappa shape index (κ2) is 7.83. The molecule has 0 aliphatic carbocycles. The number of amides is 2. The molecule has 2 aromatic heterocycles. The summed E-state index contributed by atoms with van der Waals surface area (Å²) in [5, 5.41) is 12.1. The van der Waals surface area contributed by atoms with Crippen LogP contribution in [0.3, 0.4) is 0 Å². The minimum atomic E-state index is -0.187. The van der Waals surface area contributed by atoms with Gasteiger partial charge in [-0.2, -0.15) is 5.10 Å². The lowest BCUT2D eigenvalue weighted by Gasteiger charge is -2.16. The van der Waals surface area contributed by atoms with Gasteiger partial charge in [0.05, 0.1) is 12.2 Å². The number of aryl methyl sites for hydroxylation is 1. The zero-order valence-electron chi connectivity index (χ0n) is 12.5. The Morgan fingerprint density at radius 3 is 2.95 bits per heavy atom. The molecule has 1 atom stereocenters. The second-order valence-electron chi connectivity index (χ2n) is 4.87. The summed E-state index contributed by atoms with van der Waals surface area (Å²) in [7, 11) is 0. The first-order valence-corrected chi connectivity index (χ1v) is 8.25. The van der Waals surface area contributed by atoms with Crippen LogP contribution in [0.25, 0.3) is 0 Å². The quantitative estimate of drug-likeness (QED) is 0.811. The van der Waals surface area contributed by atoms with Gasteiger partial charge in [-0.15, -0.1) is 11.3 Å². The summed E-state index contributed by atoms with van der Waals surface area (Å²) >= 11 is 1.66. The molecule has 0 bridgehead atoms. The van der Waals surface area contributed by atoms with Crippen molar-refractivity contribution in [3.63, 3.8) is 0 Å². The number of carbonyl (C=O) groups excluding carboxylic acids is 1. The van der Waals surface area contributed by atoms with Crippen molar-refractivity contribution in [3.05, 3.63) is 34.7 Å². The van der Waals surface area contributed by atoms with Gasteiger partial charge in [0.1, 0.15) is 5.82 Å². The van der Waals surface area contributed by atoms with E-state index in [9.17, 15) is 4.79 Å². The van der Waals surface area contributed by atoms with Crippen molar-refractivity contribution in [2.75, 3.05) is 5.32 Å². The number of hydrogen-bond acceptors (Lipinski definition) is 3. The maximum atomic E-state index is 12.1. The Morgan fingerprint density at radius 2 is 2.29 bits per heavy atom. The van der Waals surface area contributed by atoms with Crippen LogP contribution in [0.15, 0.2) is 29.8 Å². The molecule has 0 saturated heterocycles. The molecule has 2 N–H and O–H groups in total. The van der Waals surface area contributed by atoms with Crippen molar-refractivity contribution in [1.82, 2.24) is 15.1 Å². The summed E-state index contributed by atoms with van der Waals surface area (Å²) in [5.41, 5.74) is 0. The normalized spacial score (nSPS) is 12.1. The Morgan fingerprint density at radius 1 is 1.43 bits per heavy atom. The molecule has 2 aromatic rings.